The zero-order valence-corrected chi connectivity index (χ0v) is 25.4. The number of carbonyl (C=O) groups is 2. The third-order valence-electron chi connectivity index (χ3n) is 7.30. The molecule has 2 aromatic carbocycles. The maximum atomic E-state index is 11.9. The Morgan fingerprint density at radius 1 is 0.705 bits per heavy atom. The topological polar surface area (TPSA) is 128 Å². The Morgan fingerprint density at radius 2 is 1.14 bits per heavy atom. The third kappa shape index (κ3) is 7.41. The number of benzene rings is 2. The van der Waals surface area contributed by atoms with E-state index in [9.17, 15) is 14.7 Å². The highest BCUT2D eigenvalue weighted by molar-refractivity contribution is 5.91. The monoisotopic (exact) mass is 610 g/mol. The van der Waals surface area contributed by atoms with Crippen molar-refractivity contribution in [3.05, 3.63) is 94.6 Å². The van der Waals surface area contributed by atoms with Crippen molar-refractivity contribution in [2.75, 3.05) is 13.2 Å². The molecule has 4 atom stereocenters. The van der Waals surface area contributed by atoms with Crippen LogP contribution in [-0.4, -0.2) is 66.2 Å². The van der Waals surface area contributed by atoms with Crippen LogP contribution in [0, 0.1) is 0 Å². The van der Waals surface area contributed by atoms with E-state index in [4.69, 9.17) is 37.9 Å². The smallest absolute Gasteiger partial charge is 0.378 e. The molecular formula is C33H38O11. The molecule has 11 heteroatoms. The maximum Gasteiger partial charge on any atom is 0.378 e. The van der Waals surface area contributed by atoms with Gasteiger partial charge in [0.25, 0.3) is 0 Å². The molecule has 4 heterocycles. The molecule has 2 fully saturated rings. The number of carbonyl (C=O) groups excluding carboxylic acids is 2. The van der Waals surface area contributed by atoms with E-state index in [1.54, 1.807) is 20.8 Å². The van der Waals surface area contributed by atoms with Crippen molar-refractivity contribution in [3.8, 4) is 0 Å². The summed E-state index contributed by atoms with van der Waals surface area (Å²) in [6.07, 6.45) is -2.19. The Morgan fingerprint density at radius 3 is 1.59 bits per heavy atom. The highest BCUT2D eigenvalue weighted by Crippen LogP contribution is 2.35. The molecule has 236 valence electrons. The molecule has 0 amide bonds. The van der Waals surface area contributed by atoms with Gasteiger partial charge in [0.15, 0.2) is 35.3 Å². The van der Waals surface area contributed by atoms with E-state index in [2.05, 4.69) is 0 Å². The summed E-state index contributed by atoms with van der Waals surface area (Å²) >= 11 is 0. The summed E-state index contributed by atoms with van der Waals surface area (Å²) in [7, 11) is 0. The van der Waals surface area contributed by atoms with Crippen molar-refractivity contribution in [2.24, 2.45) is 0 Å². The predicted octanol–water partition coefficient (Wildman–Crippen LogP) is 4.60. The van der Waals surface area contributed by atoms with Crippen LogP contribution in [0.1, 0.15) is 45.7 Å². The molecule has 0 bridgehead atoms. The van der Waals surface area contributed by atoms with E-state index < -0.39 is 41.6 Å². The van der Waals surface area contributed by atoms with Crippen LogP contribution in [-0.2, 0) is 60.7 Å². The molecule has 0 aromatic heterocycles. The Kier molecular flexibility index (Phi) is 9.31. The summed E-state index contributed by atoms with van der Waals surface area (Å²) in [5.74, 6) is -2.45. The molecular weight excluding hydrogens is 572 g/mol. The first kappa shape index (κ1) is 31.5. The lowest BCUT2D eigenvalue weighted by atomic mass is 10.1. The second kappa shape index (κ2) is 13.0. The average molecular weight is 611 g/mol. The molecule has 0 aliphatic carbocycles. The van der Waals surface area contributed by atoms with Crippen molar-refractivity contribution in [3.63, 3.8) is 0 Å². The van der Waals surface area contributed by atoms with E-state index in [-0.39, 0.29) is 31.0 Å². The van der Waals surface area contributed by atoms with Crippen molar-refractivity contribution in [1.29, 1.82) is 0 Å². The lowest BCUT2D eigenvalue weighted by molar-refractivity contribution is -0.163. The van der Waals surface area contributed by atoms with Gasteiger partial charge < -0.3 is 43.0 Å². The van der Waals surface area contributed by atoms with E-state index in [0.717, 1.165) is 11.1 Å². The zero-order chi connectivity index (χ0) is 31.5. The highest BCUT2D eigenvalue weighted by atomic mass is 16.8. The maximum absolute atomic E-state index is 11.9. The fourth-order valence-corrected chi connectivity index (χ4v) is 5.06. The number of aliphatic hydroxyl groups excluding tert-OH is 1. The number of aliphatic hydroxyl groups is 1. The van der Waals surface area contributed by atoms with Gasteiger partial charge >= 0.3 is 11.9 Å². The lowest BCUT2D eigenvalue weighted by Gasteiger charge is -2.22. The van der Waals surface area contributed by atoms with Crippen molar-refractivity contribution >= 4 is 11.9 Å². The van der Waals surface area contributed by atoms with Gasteiger partial charge in [-0.05, 0) is 45.7 Å². The van der Waals surface area contributed by atoms with Crippen LogP contribution in [0.3, 0.4) is 0 Å². The fraction of sp³-hybridized carbons (Fsp3) is 0.455. The molecule has 0 spiro atoms. The molecule has 2 aromatic rings. The molecule has 0 saturated carbocycles. The van der Waals surface area contributed by atoms with Crippen molar-refractivity contribution in [1.82, 2.24) is 0 Å². The van der Waals surface area contributed by atoms with Gasteiger partial charge in [0.05, 0.1) is 18.8 Å². The first-order valence-corrected chi connectivity index (χ1v) is 14.5. The van der Waals surface area contributed by atoms with E-state index >= 15 is 0 Å². The van der Waals surface area contributed by atoms with E-state index in [0.29, 0.717) is 24.5 Å². The third-order valence-corrected chi connectivity index (χ3v) is 7.30. The summed E-state index contributed by atoms with van der Waals surface area (Å²) in [6.45, 7) is 10.2. The van der Waals surface area contributed by atoms with Crippen LogP contribution in [0.4, 0.5) is 0 Å². The molecule has 1 N–H and O–H groups in total. The Bertz CT molecular complexity index is 1290. The standard InChI is InChI=1S/C17H20O5.C16H18O6/c1-11-14(19-9-12-7-5-4-6-8-12)15(21-16(11)18)13-10-20-17(2,3)22-13;1-16(2)20-9-11(22-16)13-14(12(17)15(18)21-13)19-8-10-6-4-3-5-7-10/h4-8,13,15H,9-10H2,1-3H3;3-7,11,13,17H,8-9H2,1-2H3/t13-,15+;11-,13+/m00/s1. The number of hydrogen-bond donors (Lipinski definition) is 1. The molecule has 0 unspecified atom stereocenters. The largest absolute Gasteiger partial charge is 0.499 e. The van der Waals surface area contributed by atoms with Crippen LogP contribution in [0.2, 0.25) is 0 Å². The quantitative estimate of drug-likeness (QED) is 0.421. The van der Waals surface area contributed by atoms with Gasteiger partial charge in [0.2, 0.25) is 5.76 Å². The van der Waals surface area contributed by atoms with Crippen molar-refractivity contribution < 1.29 is 52.6 Å². The molecule has 4 aliphatic rings. The summed E-state index contributed by atoms with van der Waals surface area (Å²) in [5.41, 5.74) is 2.45. The number of rotatable bonds is 8. The summed E-state index contributed by atoms with van der Waals surface area (Å²) in [4.78, 5) is 23.5. The summed E-state index contributed by atoms with van der Waals surface area (Å²) in [6, 6.07) is 19.2. The van der Waals surface area contributed by atoms with Crippen LogP contribution in [0.5, 0.6) is 0 Å². The minimum absolute atomic E-state index is 0.0974. The van der Waals surface area contributed by atoms with Crippen LogP contribution in [0.25, 0.3) is 0 Å². The highest BCUT2D eigenvalue weighted by Gasteiger charge is 2.48. The van der Waals surface area contributed by atoms with Crippen LogP contribution in [0.15, 0.2) is 83.5 Å². The summed E-state index contributed by atoms with van der Waals surface area (Å²) in [5, 5.41) is 9.88. The fourth-order valence-electron chi connectivity index (χ4n) is 5.06. The second-order valence-electron chi connectivity index (χ2n) is 11.6. The summed E-state index contributed by atoms with van der Waals surface area (Å²) < 4.78 is 44.6. The van der Waals surface area contributed by atoms with E-state index in [1.165, 1.54) is 0 Å². The minimum Gasteiger partial charge on any atom is -0.499 e. The molecule has 0 radical (unpaired) electrons. The average Bonchev–Trinajstić information content (AvgIpc) is 3.72. The Labute approximate surface area is 256 Å². The molecule has 4 aliphatic heterocycles. The number of esters is 2. The lowest BCUT2D eigenvalue weighted by Crippen LogP contribution is -2.33. The Balaban J connectivity index is 0.000000175. The second-order valence-corrected chi connectivity index (χ2v) is 11.6. The van der Waals surface area contributed by atoms with Gasteiger partial charge in [0, 0.05) is 0 Å². The molecule has 11 nitrogen and oxygen atoms in total. The van der Waals surface area contributed by atoms with Gasteiger partial charge in [-0.1, -0.05) is 60.7 Å². The van der Waals surface area contributed by atoms with Gasteiger partial charge in [-0.25, -0.2) is 9.59 Å². The number of cyclic esters (lactones) is 2. The normalized spacial score (nSPS) is 27.1. The van der Waals surface area contributed by atoms with Gasteiger partial charge in [-0.2, -0.15) is 0 Å². The van der Waals surface area contributed by atoms with Gasteiger partial charge in [-0.15, -0.1) is 0 Å². The predicted molar refractivity (Wildman–Crippen MR) is 154 cm³/mol. The van der Waals surface area contributed by atoms with E-state index in [1.807, 2.05) is 74.5 Å². The van der Waals surface area contributed by atoms with Gasteiger partial charge in [-0.3, -0.25) is 0 Å². The van der Waals surface area contributed by atoms with Crippen molar-refractivity contribution in [2.45, 2.75) is 83.8 Å². The van der Waals surface area contributed by atoms with Gasteiger partial charge in [0.1, 0.15) is 25.4 Å². The molecule has 6 rings (SSSR count). The Hall–Kier alpha value is -3.90. The number of hydrogen-bond acceptors (Lipinski definition) is 11. The first-order valence-electron chi connectivity index (χ1n) is 14.5. The molecule has 2 saturated heterocycles. The van der Waals surface area contributed by atoms with Crippen LogP contribution >= 0.6 is 0 Å². The zero-order valence-electron chi connectivity index (χ0n) is 25.4. The molecule has 44 heavy (non-hydrogen) atoms. The van der Waals surface area contributed by atoms with Crippen LogP contribution < -0.4 is 0 Å². The number of ether oxygens (including phenoxy) is 8. The minimum atomic E-state index is -0.804. The first-order chi connectivity index (χ1) is 20.9. The SMILES string of the molecule is CC1(C)OC[C@@H]([C@H]2OC(=O)C(O)=C2OCc2ccccc2)O1.CC1=C(OCc2ccccc2)[C@@H]([C@@H]2COC(C)(C)O2)OC1=O.